The van der Waals surface area contributed by atoms with E-state index in [1.54, 1.807) is 0 Å². The van der Waals surface area contributed by atoms with Crippen molar-refractivity contribution in [3.8, 4) is 0 Å². The summed E-state index contributed by atoms with van der Waals surface area (Å²) in [5.74, 6) is 1.20. The van der Waals surface area contributed by atoms with Crippen LogP contribution in [0.3, 0.4) is 0 Å². The van der Waals surface area contributed by atoms with Crippen LogP contribution in [0, 0.1) is 18.8 Å². The Kier molecular flexibility index (Phi) is 9.25. The molecule has 2 amide bonds. The van der Waals surface area contributed by atoms with E-state index in [9.17, 15) is 14.7 Å². The lowest BCUT2D eigenvalue weighted by atomic mass is 9.84. The molecule has 2 fully saturated rings. The minimum Gasteiger partial charge on any atom is -0.393 e. The number of amidine groups is 1. The SMILES string of the molecule is Cc1ccc(C(=O)N=C2Cc3ccc(CN4CCC(C(C)O)CC4)cc3N2C2CCC(C(=O)NC(C)C)CC2)cc1. The van der Waals surface area contributed by atoms with Crippen LogP contribution in [-0.2, 0) is 17.8 Å². The smallest absolute Gasteiger partial charge is 0.278 e. The number of nitrogens with one attached hydrogen (secondary N) is 1. The van der Waals surface area contributed by atoms with Crippen LogP contribution in [0.2, 0.25) is 0 Å². The monoisotopic (exact) mass is 558 g/mol. The van der Waals surface area contributed by atoms with Gasteiger partial charge in [0.2, 0.25) is 5.91 Å². The van der Waals surface area contributed by atoms with Gasteiger partial charge in [0, 0.05) is 42.2 Å². The van der Waals surface area contributed by atoms with E-state index in [-0.39, 0.29) is 35.9 Å². The van der Waals surface area contributed by atoms with Crippen LogP contribution in [0.25, 0.3) is 0 Å². The predicted octanol–water partition coefficient (Wildman–Crippen LogP) is 5.27. The number of amides is 2. The number of aliphatic hydroxyl groups excluding tert-OH is 1. The third-order valence-electron chi connectivity index (χ3n) is 9.15. The highest BCUT2D eigenvalue weighted by atomic mass is 16.3. The summed E-state index contributed by atoms with van der Waals surface area (Å²) in [6.45, 7) is 10.8. The van der Waals surface area contributed by atoms with Gasteiger partial charge in [0.05, 0.1) is 6.10 Å². The van der Waals surface area contributed by atoms with Gasteiger partial charge in [-0.25, -0.2) is 0 Å². The molecule has 0 radical (unpaired) electrons. The molecule has 5 rings (SSSR count). The Labute approximate surface area is 245 Å². The third kappa shape index (κ3) is 7.07. The second-order valence-electron chi connectivity index (χ2n) is 12.7. The van der Waals surface area contributed by atoms with Crippen molar-refractivity contribution in [3.05, 3.63) is 64.7 Å². The highest BCUT2D eigenvalue weighted by Gasteiger charge is 2.36. The summed E-state index contributed by atoms with van der Waals surface area (Å²) in [7, 11) is 0. The first kappa shape index (κ1) is 29.5. The molecular formula is C34H46N4O3. The topological polar surface area (TPSA) is 85.2 Å². The molecule has 220 valence electrons. The molecule has 1 saturated carbocycles. The Bertz CT molecular complexity index is 1250. The number of carbonyl (C=O) groups is 2. The van der Waals surface area contributed by atoms with Gasteiger partial charge in [-0.1, -0.05) is 29.8 Å². The van der Waals surface area contributed by atoms with E-state index in [1.807, 2.05) is 52.0 Å². The third-order valence-corrected chi connectivity index (χ3v) is 9.15. The zero-order valence-electron chi connectivity index (χ0n) is 25.1. The molecule has 7 nitrogen and oxygen atoms in total. The summed E-state index contributed by atoms with van der Waals surface area (Å²) in [5, 5.41) is 13.1. The van der Waals surface area contributed by atoms with Crippen LogP contribution in [0.15, 0.2) is 47.5 Å². The molecule has 1 aliphatic carbocycles. The van der Waals surface area contributed by atoms with Gasteiger partial charge in [0.25, 0.3) is 5.91 Å². The molecule has 1 atom stereocenters. The van der Waals surface area contributed by atoms with Crippen molar-refractivity contribution in [2.75, 3.05) is 18.0 Å². The van der Waals surface area contributed by atoms with Crippen LogP contribution in [-0.4, -0.2) is 58.9 Å². The van der Waals surface area contributed by atoms with Crippen molar-refractivity contribution < 1.29 is 14.7 Å². The fourth-order valence-electron chi connectivity index (χ4n) is 6.71. The zero-order valence-corrected chi connectivity index (χ0v) is 25.1. The van der Waals surface area contributed by atoms with Gasteiger partial charge < -0.3 is 15.3 Å². The molecule has 41 heavy (non-hydrogen) atoms. The zero-order chi connectivity index (χ0) is 29.1. The number of rotatable bonds is 7. The fraction of sp³-hybridized carbons (Fsp3) is 0.559. The molecule has 2 N–H and O–H groups in total. The minimum atomic E-state index is -0.238. The number of aliphatic imine (C=N–C) groups is 1. The summed E-state index contributed by atoms with van der Waals surface area (Å²) in [6, 6.07) is 14.7. The molecular weight excluding hydrogens is 512 g/mol. The standard InChI is InChI=1S/C34H46N4O3/c1-22(2)35-33(40)28-11-13-30(14-12-28)38-31-19-25(21-37-17-15-26(16-18-37)24(4)39)7-10-29(31)20-32(38)36-34(41)27-8-5-23(3)6-9-27/h5-10,19,22,24,26,28,30,39H,11-18,20-21H2,1-4H3,(H,35,40). The van der Waals surface area contributed by atoms with Gasteiger partial charge in [0.15, 0.2) is 0 Å². The van der Waals surface area contributed by atoms with Gasteiger partial charge in [-0.05, 0) is 115 Å². The number of anilines is 1. The van der Waals surface area contributed by atoms with Crippen molar-refractivity contribution >= 4 is 23.3 Å². The van der Waals surface area contributed by atoms with E-state index in [0.717, 1.165) is 75.2 Å². The van der Waals surface area contributed by atoms with Crippen molar-refractivity contribution in [1.82, 2.24) is 10.2 Å². The van der Waals surface area contributed by atoms with Crippen molar-refractivity contribution in [1.29, 1.82) is 0 Å². The molecule has 0 bridgehead atoms. The molecule has 2 heterocycles. The molecule has 1 saturated heterocycles. The second kappa shape index (κ2) is 12.9. The van der Waals surface area contributed by atoms with E-state index in [0.29, 0.717) is 17.9 Å². The summed E-state index contributed by atoms with van der Waals surface area (Å²) in [5.41, 5.74) is 5.35. The minimum absolute atomic E-state index is 0.0428. The van der Waals surface area contributed by atoms with Crippen LogP contribution in [0.1, 0.15) is 86.3 Å². The highest BCUT2D eigenvalue weighted by molar-refractivity contribution is 6.12. The quantitative estimate of drug-likeness (QED) is 0.484. The number of piperidine rings is 1. The van der Waals surface area contributed by atoms with Gasteiger partial charge in [-0.3, -0.25) is 14.5 Å². The number of fused-ring (bicyclic) bond motifs is 1. The molecule has 3 aliphatic rings. The number of carbonyl (C=O) groups excluding carboxylic acids is 2. The lowest BCUT2D eigenvalue weighted by Crippen LogP contribution is -2.44. The average Bonchev–Trinajstić information content (AvgIpc) is 3.30. The molecule has 7 heteroatoms. The van der Waals surface area contributed by atoms with Crippen LogP contribution < -0.4 is 10.2 Å². The highest BCUT2D eigenvalue weighted by Crippen LogP contribution is 2.38. The van der Waals surface area contributed by atoms with Crippen molar-refractivity contribution in [2.24, 2.45) is 16.8 Å². The lowest BCUT2D eigenvalue weighted by molar-refractivity contribution is -0.126. The fourth-order valence-corrected chi connectivity index (χ4v) is 6.71. The van der Waals surface area contributed by atoms with Crippen LogP contribution in [0.5, 0.6) is 0 Å². The first-order valence-electron chi connectivity index (χ1n) is 15.5. The van der Waals surface area contributed by atoms with Gasteiger partial charge in [-0.15, -0.1) is 0 Å². The average molecular weight is 559 g/mol. The number of aryl methyl sites for hydroxylation is 1. The summed E-state index contributed by atoms with van der Waals surface area (Å²) in [6.07, 6.45) is 5.92. The Morgan fingerprint density at radius 2 is 1.66 bits per heavy atom. The Hall–Kier alpha value is -3.03. The molecule has 1 unspecified atom stereocenters. The number of likely N-dealkylation sites (tertiary alicyclic amines) is 1. The number of benzene rings is 2. The van der Waals surface area contributed by atoms with Crippen LogP contribution in [0.4, 0.5) is 5.69 Å². The number of nitrogens with zero attached hydrogens (tertiary/aromatic N) is 3. The van der Waals surface area contributed by atoms with Crippen molar-refractivity contribution in [3.63, 3.8) is 0 Å². The molecule has 0 aromatic heterocycles. The van der Waals surface area contributed by atoms with Gasteiger partial charge in [-0.2, -0.15) is 4.99 Å². The van der Waals surface area contributed by atoms with Crippen LogP contribution >= 0.6 is 0 Å². The largest absolute Gasteiger partial charge is 0.393 e. The first-order chi connectivity index (χ1) is 19.7. The predicted molar refractivity (Wildman–Crippen MR) is 164 cm³/mol. The second-order valence-corrected chi connectivity index (χ2v) is 12.7. The number of aliphatic hydroxyl groups is 1. The lowest BCUT2D eigenvalue weighted by Gasteiger charge is -2.36. The molecule has 2 aromatic carbocycles. The van der Waals surface area contributed by atoms with E-state index in [4.69, 9.17) is 4.99 Å². The maximum Gasteiger partial charge on any atom is 0.278 e. The maximum absolute atomic E-state index is 13.2. The maximum atomic E-state index is 13.2. The van der Waals surface area contributed by atoms with E-state index < -0.39 is 0 Å². The first-order valence-corrected chi connectivity index (χ1v) is 15.5. The number of hydrogen-bond acceptors (Lipinski definition) is 4. The summed E-state index contributed by atoms with van der Waals surface area (Å²) < 4.78 is 0. The van der Waals surface area contributed by atoms with E-state index in [1.165, 1.54) is 11.1 Å². The van der Waals surface area contributed by atoms with Gasteiger partial charge >= 0.3 is 0 Å². The Morgan fingerprint density at radius 3 is 2.29 bits per heavy atom. The Morgan fingerprint density at radius 1 is 0.976 bits per heavy atom. The molecule has 2 aliphatic heterocycles. The summed E-state index contributed by atoms with van der Waals surface area (Å²) >= 11 is 0. The van der Waals surface area contributed by atoms with Crippen molar-refractivity contribution in [2.45, 2.75) is 97.4 Å². The molecule has 0 spiro atoms. The summed E-state index contributed by atoms with van der Waals surface area (Å²) in [4.78, 5) is 35.5. The van der Waals surface area contributed by atoms with Gasteiger partial charge in [0.1, 0.15) is 5.84 Å². The normalized spacial score (nSPS) is 23.6. The number of hydrogen-bond donors (Lipinski definition) is 2. The Balaban J connectivity index is 1.36. The molecule has 2 aromatic rings. The van der Waals surface area contributed by atoms with E-state index in [2.05, 4.69) is 33.3 Å². The van der Waals surface area contributed by atoms with E-state index >= 15 is 0 Å².